The number of imidazole rings is 1. The molecule has 0 aliphatic carbocycles. The molecule has 6 heteroatoms. The maximum absolute atomic E-state index is 11.6. The van der Waals surface area contributed by atoms with Crippen LogP contribution in [0, 0.1) is 0 Å². The lowest BCUT2D eigenvalue weighted by atomic mass is 9.86. The Kier molecular flexibility index (Phi) is 5.83. The van der Waals surface area contributed by atoms with E-state index in [9.17, 15) is 4.79 Å². The van der Waals surface area contributed by atoms with Crippen LogP contribution in [0.2, 0.25) is 0 Å². The minimum Gasteiger partial charge on any atom is -0.351 e. The summed E-state index contributed by atoms with van der Waals surface area (Å²) in [5, 5.41) is 8.60. The van der Waals surface area contributed by atoms with Crippen LogP contribution >= 0.6 is 11.8 Å². The highest BCUT2D eigenvalue weighted by molar-refractivity contribution is 7.99. The molecule has 0 unspecified atom stereocenters. The Morgan fingerprint density at radius 2 is 1.71 bits per heavy atom. The normalized spacial score (nSPS) is 11.6. The molecule has 1 amide bonds. The molecule has 0 aliphatic heterocycles. The third-order valence-corrected chi connectivity index (χ3v) is 5.98. The fourth-order valence-corrected chi connectivity index (χ4v) is 4.15. The van der Waals surface area contributed by atoms with Gasteiger partial charge >= 0.3 is 0 Å². The summed E-state index contributed by atoms with van der Waals surface area (Å²) in [4.78, 5) is 17.6. The van der Waals surface area contributed by atoms with E-state index < -0.39 is 0 Å². The topological polar surface area (TPSA) is 59.3 Å². The number of carbonyl (C=O) groups excluding carboxylic acids is 1. The monoisotopic (exact) mass is 430 g/mol. The standard InChI is InChI=1S/C25H26N4OS/c1-17(30)26-16-21-24(18-10-12-19(13-11-18)25(2,3)4)27-22-14-15-23(28-29(21)22)31-20-8-6-5-7-9-20/h5-15H,16H2,1-4H3,(H,26,30). The minimum absolute atomic E-state index is 0.0844. The van der Waals surface area contributed by atoms with Gasteiger partial charge in [-0.25, -0.2) is 9.50 Å². The molecule has 2 aromatic heterocycles. The second-order valence-electron chi connectivity index (χ2n) is 8.50. The first-order valence-electron chi connectivity index (χ1n) is 10.3. The zero-order chi connectivity index (χ0) is 22.0. The highest BCUT2D eigenvalue weighted by atomic mass is 32.2. The number of amides is 1. The number of carbonyl (C=O) groups is 1. The lowest BCUT2D eigenvalue weighted by molar-refractivity contribution is -0.119. The average Bonchev–Trinajstić information content (AvgIpc) is 3.10. The quantitative estimate of drug-likeness (QED) is 0.455. The van der Waals surface area contributed by atoms with Crippen LogP contribution in [-0.2, 0) is 16.8 Å². The predicted octanol–water partition coefficient (Wildman–Crippen LogP) is 5.48. The fourth-order valence-electron chi connectivity index (χ4n) is 3.35. The smallest absolute Gasteiger partial charge is 0.217 e. The van der Waals surface area contributed by atoms with Crippen LogP contribution in [0.15, 0.2) is 76.7 Å². The van der Waals surface area contributed by atoms with Crippen LogP contribution in [0.1, 0.15) is 39.0 Å². The Morgan fingerprint density at radius 3 is 2.35 bits per heavy atom. The van der Waals surface area contributed by atoms with Crippen LogP contribution in [0.4, 0.5) is 0 Å². The highest BCUT2D eigenvalue weighted by Crippen LogP contribution is 2.30. The summed E-state index contributed by atoms with van der Waals surface area (Å²) in [6.07, 6.45) is 0. The summed E-state index contributed by atoms with van der Waals surface area (Å²) in [6, 6.07) is 22.6. The molecule has 5 nitrogen and oxygen atoms in total. The molecule has 0 saturated heterocycles. The van der Waals surface area contributed by atoms with Gasteiger partial charge in [-0.15, -0.1) is 0 Å². The predicted molar refractivity (Wildman–Crippen MR) is 125 cm³/mol. The third-order valence-electron chi connectivity index (χ3n) is 5.04. The summed E-state index contributed by atoms with van der Waals surface area (Å²) in [6.45, 7) is 8.48. The van der Waals surface area contributed by atoms with Crippen molar-refractivity contribution in [1.29, 1.82) is 0 Å². The molecule has 158 valence electrons. The molecule has 0 atom stereocenters. The van der Waals surface area contributed by atoms with E-state index in [1.165, 1.54) is 12.5 Å². The average molecular weight is 431 g/mol. The van der Waals surface area contributed by atoms with E-state index in [0.717, 1.165) is 32.5 Å². The first kappa shape index (κ1) is 21.1. The van der Waals surface area contributed by atoms with Crippen molar-refractivity contribution >= 4 is 23.3 Å². The number of nitrogens with one attached hydrogen (secondary N) is 1. The lowest BCUT2D eigenvalue weighted by Crippen LogP contribution is -2.20. The van der Waals surface area contributed by atoms with Gasteiger partial charge < -0.3 is 5.32 Å². The molecule has 0 fully saturated rings. The number of rotatable bonds is 5. The van der Waals surface area contributed by atoms with Crippen molar-refractivity contribution in [3.05, 3.63) is 78.0 Å². The number of benzene rings is 2. The van der Waals surface area contributed by atoms with E-state index in [0.29, 0.717) is 6.54 Å². The van der Waals surface area contributed by atoms with E-state index in [-0.39, 0.29) is 11.3 Å². The first-order valence-corrected chi connectivity index (χ1v) is 11.1. The Hall–Kier alpha value is -3.12. The molecule has 0 bridgehead atoms. The second kappa shape index (κ2) is 8.55. The van der Waals surface area contributed by atoms with Gasteiger partial charge in [0.15, 0.2) is 5.65 Å². The molecule has 4 rings (SSSR count). The molecule has 1 N–H and O–H groups in total. The van der Waals surface area contributed by atoms with Crippen LogP contribution in [0.5, 0.6) is 0 Å². The number of hydrogen-bond acceptors (Lipinski definition) is 4. The summed E-state index contributed by atoms with van der Waals surface area (Å²) < 4.78 is 1.84. The Morgan fingerprint density at radius 1 is 1.00 bits per heavy atom. The third kappa shape index (κ3) is 4.80. The molecule has 0 radical (unpaired) electrons. The number of hydrogen-bond donors (Lipinski definition) is 1. The van der Waals surface area contributed by atoms with Gasteiger partial charge in [-0.3, -0.25) is 4.79 Å². The van der Waals surface area contributed by atoms with Crippen molar-refractivity contribution in [3.8, 4) is 11.3 Å². The molecule has 31 heavy (non-hydrogen) atoms. The van der Waals surface area contributed by atoms with Gasteiger partial charge in [0.25, 0.3) is 0 Å². The second-order valence-corrected chi connectivity index (χ2v) is 9.59. The SMILES string of the molecule is CC(=O)NCc1c(-c2ccc(C(C)(C)C)cc2)nc2ccc(Sc3ccccc3)nn12. The van der Waals surface area contributed by atoms with Gasteiger partial charge in [0.05, 0.1) is 17.9 Å². The van der Waals surface area contributed by atoms with Gasteiger partial charge in [0, 0.05) is 17.4 Å². The summed E-state index contributed by atoms with van der Waals surface area (Å²) in [5.74, 6) is -0.0844. The van der Waals surface area contributed by atoms with E-state index >= 15 is 0 Å². The summed E-state index contributed by atoms with van der Waals surface area (Å²) in [5.41, 5.74) is 4.82. The van der Waals surface area contributed by atoms with Crippen LogP contribution in [0.3, 0.4) is 0 Å². The molecule has 0 spiro atoms. The molecular weight excluding hydrogens is 404 g/mol. The maximum atomic E-state index is 11.6. The summed E-state index contributed by atoms with van der Waals surface area (Å²) >= 11 is 1.60. The van der Waals surface area contributed by atoms with E-state index in [2.05, 4.69) is 62.5 Å². The van der Waals surface area contributed by atoms with Crippen LogP contribution in [-0.4, -0.2) is 20.5 Å². The Balaban J connectivity index is 1.77. The van der Waals surface area contributed by atoms with E-state index in [1.807, 2.05) is 34.8 Å². The molecule has 0 aliphatic rings. The van der Waals surface area contributed by atoms with Crippen LogP contribution in [0.25, 0.3) is 16.9 Å². The van der Waals surface area contributed by atoms with Crippen molar-refractivity contribution in [3.63, 3.8) is 0 Å². The van der Waals surface area contributed by atoms with Crippen molar-refractivity contribution in [2.45, 2.75) is 49.6 Å². The highest BCUT2D eigenvalue weighted by Gasteiger charge is 2.18. The molecule has 2 heterocycles. The van der Waals surface area contributed by atoms with Gasteiger partial charge in [-0.2, -0.15) is 5.10 Å². The van der Waals surface area contributed by atoms with E-state index in [1.54, 1.807) is 11.8 Å². The van der Waals surface area contributed by atoms with Crippen LogP contribution < -0.4 is 5.32 Å². The molecule has 2 aromatic carbocycles. The lowest BCUT2D eigenvalue weighted by Gasteiger charge is -2.19. The van der Waals surface area contributed by atoms with E-state index in [4.69, 9.17) is 10.1 Å². The Bertz CT molecular complexity index is 1210. The van der Waals surface area contributed by atoms with Gasteiger partial charge in [0.2, 0.25) is 5.91 Å². The van der Waals surface area contributed by atoms with Crippen molar-refractivity contribution < 1.29 is 4.79 Å². The number of aromatic nitrogens is 3. The van der Waals surface area contributed by atoms with Gasteiger partial charge in [-0.05, 0) is 35.2 Å². The first-order chi connectivity index (χ1) is 14.8. The minimum atomic E-state index is -0.0844. The maximum Gasteiger partial charge on any atom is 0.217 e. The fraction of sp³-hybridized carbons (Fsp3) is 0.240. The van der Waals surface area contributed by atoms with Crippen molar-refractivity contribution in [2.24, 2.45) is 0 Å². The molecule has 4 aromatic rings. The molecular formula is C25H26N4OS. The Labute approximate surface area is 186 Å². The number of fused-ring (bicyclic) bond motifs is 1. The van der Waals surface area contributed by atoms with Crippen molar-refractivity contribution in [1.82, 2.24) is 19.9 Å². The zero-order valence-electron chi connectivity index (χ0n) is 18.2. The largest absolute Gasteiger partial charge is 0.351 e. The van der Waals surface area contributed by atoms with Gasteiger partial charge in [0.1, 0.15) is 5.03 Å². The molecule has 0 saturated carbocycles. The number of nitrogens with zero attached hydrogens (tertiary/aromatic N) is 3. The van der Waals surface area contributed by atoms with Crippen molar-refractivity contribution in [2.75, 3.05) is 0 Å². The summed E-state index contributed by atoms with van der Waals surface area (Å²) in [7, 11) is 0. The van der Waals surface area contributed by atoms with Gasteiger partial charge in [-0.1, -0.05) is 75.0 Å². The zero-order valence-corrected chi connectivity index (χ0v) is 19.0.